The minimum absolute atomic E-state index is 0.388. The lowest BCUT2D eigenvalue weighted by Crippen LogP contribution is -2.11. The Balaban J connectivity index is 1.87. The van der Waals surface area contributed by atoms with E-state index >= 15 is 0 Å². The Morgan fingerprint density at radius 3 is 2.26 bits per heavy atom. The predicted octanol–water partition coefficient (Wildman–Crippen LogP) is 6.36. The molecule has 0 radical (unpaired) electrons. The lowest BCUT2D eigenvalue weighted by molar-refractivity contribution is 0.0735. The number of benzene rings is 3. The van der Waals surface area contributed by atoms with E-state index in [4.69, 9.17) is 14.5 Å². The molecule has 3 aromatic carbocycles. The van der Waals surface area contributed by atoms with Gasteiger partial charge in [-0.2, -0.15) is 0 Å². The van der Waals surface area contributed by atoms with E-state index in [1.807, 2.05) is 82.3 Å². The summed E-state index contributed by atoms with van der Waals surface area (Å²) in [5.41, 5.74) is 6.98. The van der Waals surface area contributed by atoms with Crippen LogP contribution in [-0.2, 0) is 0 Å². The highest BCUT2D eigenvalue weighted by molar-refractivity contribution is 6.06. The molecule has 4 heteroatoms. The number of pyridine rings is 1. The second-order valence-corrected chi connectivity index (χ2v) is 7.92. The maximum atomic E-state index is 13.3. The molecule has 1 heterocycles. The van der Waals surface area contributed by atoms with Gasteiger partial charge in [-0.15, -0.1) is 0 Å². The largest absolute Gasteiger partial charge is 0.497 e. The minimum Gasteiger partial charge on any atom is -0.497 e. The number of carbonyl (C=O) groups is 1. The number of rotatable bonds is 4. The van der Waals surface area contributed by atoms with E-state index < -0.39 is 0 Å². The van der Waals surface area contributed by atoms with Gasteiger partial charge >= 0.3 is 5.97 Å². The number of hydrogen-bond donors (Lipinski definition) is 0. The van der Waals surface area contributed by atoms with Crippen molar-refractivity contribution in [2.75, 3.05) is 7.11 Å². The molecule has 0 fully saturated rings. The van der Waals surface area contributed by atoms with Crippen molar-refractivity contribution in [2.24, 2.45) is 0 Å². The van der Waals surface area contributed by atoms with Crippen molar-refractivity contribution < 1.29 is 14.3 Å². The van der Waals surface area contributed by atoms with Gasteiger partial charge in [0.25, 0.3) is 0 Å². The summed E-state index contributed by atoms with van der Waals surface area (Å²) in [6, 6.07) is 19.4. The average Bonchev–Trinajstić information content (AvgIpc) is 2.75. The maximum Gasteiger partial charge on any atom is 0.344 e. The molecule has 4 nitrogen and oxygen atoms in total. The molecule has 0 aliphatic rings. The van der Waals surface area contributed by atoms with Crippen LogP contribution in [0.2, 0.25) is 0 Å². The fourth-order valence-electron chi connectivity index (χ4n) is 3.73. The van der Waals surface area contributed by atoms with E-state index in [-0.39, 0.29) is 5.97 Å². The van der Waals surface area contributed by atoms with Gasteiger partial charge < -0.3 is 9.47 Å². The summed E-state index contributed by atoms with van der Waals surface area (Å²) in [6.45, 7) is 7.94. The van der Waals surface area contributed by atoms with Crippen molar-refractivity contribution in [3.8, 4) is 22.8 Å². The Morgan fingerprint density at radius 1 is 0.806 bits per heavy atom. The molecule has 0 saturated carbocycles. The van der Waals surface area contributed by atoms with Gasteiger partial charge in [-0.1, -0.05) is 23.8 Å². The predicted molar refractivity (Wildman–Crippen MR) is 124 cm³/mol. The molecule has 0 N–H and O–H groups in total. The molecule has 0 spiro atoms. The van der Waals surface area contributed by atoms with Gasteiger partial charge in [0.05, 0.1) is 23.9 Å². The number of hydrogen-bond acceptors (Lipinski definition) is 4. The van der Waals surface area contributed by atoms with Gasteiger partial charge in [0.1, 0.15) is 11.5 Å². The number of aryl methyl sites for hydroxylation is 4. The van der Waals surface area contributed by atoms with E-state index in [0.29, 0.717) is 11.3 Å². The molecule has 4 rings (SSSR count). The summed E-state index contributed by atoms with van der Waals surface area (Å²) < 4.78 is 11.1. The molecule has 156 valence electrons. The van der Waals surface area contributed by atoms with Gasteiger partial charge in [0.2, 0.25) is 0 Å². The van der Waals surface area contributed by atoms with Crippen molar-refractivity contribution in [3.05, 3.63) is 88.5 Å². The Labute approximate surface area is 182 Å². The van der Waals surface area contributed by atoms with E-state index in [0.717, 1.165) is 50.2 Å². The van der Waals surface area contributed by atoms with Crippen molar-refractivity contribution in [1.82, 2.24) is 4.98 Å². The van der Waals surface area contributed by atoms with Crippen molar-refractivity contribution in [1.29, 1.82) is 0 Å². The quantitative estimate of drug-likeness (QED) is 0.289. The Hall–Kier alpha value is -3.66. The van der Waals surface area contributed by atoms with Gasteiger partial charge in [-0.25, -0.2) is 9.78 Å². The fourth-order valence-corrected chi connectivity index (χ4v) is 3.73. The van der Waals surface area contributed by atoms with Crippen LogP contribution >= 0.6 is 0 Å². The van der Waals surface area contributed by atoms with Gasteiger partial charge in [0, 0.05) is 10.9 Å². The highest BCUT2D eigenvalue weighted by Crippen LogP contribution is 2.30. The SMILES string of the molecule is COc1ccc(-c2cc(C(=O)Oc3cc(C)ccc3C)c3cc(C)cc(C)c3n2)cc1. The van der Waals surface area contributed by atoms with Gasteiger partial charge in [-0.3, -0.25) is 0 Å². The third kappa shape index (κ3) is 4.15. The second-order valence-electron chi connectivity index (χ2n) is 7.92. The highest BCUT2D eigenvalue weighted by Gasteiger charge is 2.18. The average molecular weight is 412 g/mol. The zero-order valence-electron chi connectivity index (χ0n) is 18.4. The maximum absolute atomic E-state index is 13.3. The molecule has 0 bridgehead atoms. The summed E-state index contributed by atoms with van der Waals surface area (Å²) in [7, 11) is 1.64. The summed E-state index contributed by atoms with van der Waals surface area (Å²) in [5, 5.41) is 0.796. The molecule has 0 unspecified atom stereocenters. The number of fused-ring (bicyclic) bond motifs is 1. The third-order valence-corrected chi connectivity index (χ3v) is 5.40. The van der Waals surface area contributed by atoms with Gasteiger partial charge in [-0.05, 0) is 86.8 Å². The zero-order chi connectivity index (χ0) is 22.1. The van der Waals surface area contributed by atoms with E-state index in [2.05, 4.69) is 6.07 Å². The smallest absolute Gasteiger partial charge is 0.344 e. The molecular formula is C27H25NO3. The first kappa shape index (κ1) is 20.6. The monoisotopic (exact) mass is 411 g/mol. The molecule has 1 aromatic heterocycles. The molecule has 0 amide bonds. The summed E-state index contributed by atoms with van der Waals surface area (Å²) >= 11 is 0. The number of methoxy groups -OCH3 is 1. The molecule has 0 atom stereocenters. The number of esters is 1. The highest BCUT2D eigenvalue weighted by atomic mass is 16.5. The van der Waals surface area contributed by atoms with E-state index in [9.17, 15) is 4.79 Å². The van der Waals surface area contributed by atoms with Crippen molar-refractivity contribution >= 4 is 16.9 Å². The Bertz CT molecular complexity index is 1290. The topological polar surface area (TPSA) is 48.4 Å². The number of carbonyl (C=O) groups excluding carboxylic acids is 1. The van der Waals surface area contributed by atoms with E-state index in [1.54, 1.807) is 7.11 Å². The molecule has 0 aliphatic carbocycles. The van der Waals surface area contributed by atoms with Crippen LogP contribution < -0.4 is 9.47 Å². The van der Waals surface area contributed by atoms with Gasteiger partial charge in [0.15, 0.2) is 0 Å². The van der Waals surface area contributed by atoms with Crippen LogP contribution in [0.3, 0.4) is 0 Å². The molecule has 31 heavy (non-hydrogen) atoms. The lowest BCUT2D eigenvalue weighted by Gasteiger charge is -2.14. The van der Waals surface area contributed by atoms with Crippen molar-refractivity contribution in [2.45, 2.75) is 27.7 Å². The van der Waals surface area contributed by atoms with Crippen LogP contribution in [0, 0.1) is 27.7 Å². The summed E-state index contributed by atoms with van der Waals surface area (Å²) in [5.74, 6) is 0.956. The summed E-state index contributed by atoms with van der Waals surface area (Å²) in [6.07, 6.45) is 0. The first-order chi connectivity index (χ1) is 14.9. The first-order valence-electron chi connectivity index (χ1n) is 10.2. The summed E-state index contributed by atoms with van der Waals surface area (Å²) in [4.78, 5) is 18.2. The minimum atomic E-state index is -0.388. The molecule has 0 saturated heterocycles. The Morgan fingerprint density at radius 2 is 1.55 bits per heavy atom. The number of ether oxygens (including phenoxy) is 2. The number of aromatic nitrogens is 1. The fraction of sp³-hybridized carbons (Fsp3) is 0.185. The van der Waals surface area contributed by atoms with E-state index in [1.165, 1.54) is 0 Å². The Kier molecular flexibility index (Phi) is 5.47. The van der Waals surface area contributed by atoms with Crippen LogP contribution in [0.15, 0.2) is 60.7 Å². The molecular weight excluding hydrogens is 386 g/mol. The van der Waals surface area contributed by atoms with Crippen LogP contribution in [0.5, 0.6) is 11.5 Å². The normalized spacial score (nSPS) is 10.9. The zero-order valence-corrected chi connectivity index (χ0v) is 18.4. The van der Waals surface area contributed by atoms with Crippen LogP contribution in [0.4, 0.5) is 0 Å². The lowest BCUT2D eigenvalue weighted by atomic mass is 9.99. The molecule has 0 aliphatic heterocycles. The third-order valence-electron chi connectivity index (χ3n) is 5.40. The first-order valence-corrected chi connectivity index (χ1v) is 10.2. The second kappa shape index (κ2) is 8.23. The van der Waals surface area contributed by atoms with Crippen LogP contribution in [-0.4, -0.2) is 18.1 Å². The van der Waals surface area contributed by atoms with Crippen molar-refractivity contribution in [3.63, 3.8) is 0 Å². The van der Waals surface area contributed by atoms with Crippen LogP contribution in [0.25, 0.3) is 22.2 Å². The standard InChI is InChI=1S/C27H25NO3/c1-16-6-7-18(3)25(14-16)31-27(29)23-15-24(20-8-10-21(30-5)11-9-20)28-26-19(4)12-17(2)13-22(23)26/h6-15H,1-5H3. The van der Waals surface area contributed by atoms with Crippen LogP contribution in [0.1, 0.15) is 32.6 Å². The molecule has 4 aromatic rings. The number of nitrogens with zero attached hydrogens (tertiary/aromatic N) is 1.